The molecule has 27 heavy (non-hydrogen) atoms. The van der Waals surface area contributed by atoms with Crippen molar-refractivity contribution in [2.75, 3.05) is 24.5 Å². The van der Waals surface area contributed by atoms with Gasteiger partial charge in [0.2, 0.25) is 5.91 Å². The van der Waals surface area contributed by atoms with Crippen molar-refractivity contribution in [2.24, 2.45) is 11.8 Å². The molecule has 3 rings (SSSR count). The summed E-state index contributed by atoms with van der Waals surface area (Å²) >= 11 is 0. The van der Waals surface area contributed by atoms with E-state index < -0.39 is 11.0 Å². The predicted octanol–water partition coefficient (Wildman–Crippen LogP) is 2.60. The topological polar surface area (TPSA) is 93.0 Å². The number of carbonyl (C=O) groups excluding carboxylic acids is 2. The molecule has 1 unspecified atom stereocenters. The summed E-state index contributed by atoms with van der Waals surface area (Å²) in [6.45, 7) is 7.11. The van der Waals surface area contributed by atoms with Crippen LogP contribution < -0.4 is 9.64 Å². The third-order valence-corrected chi connectivity index (χ3v) is 5.24. The second-order valence-electron chi connectivity index (χ2n) is 7.68. The van der Waals surface area contributed by atoms with Gasteiger partial charge in [0.25, 0.3) is 11.6 Å². The monoisotopic (exact) mass is 375 g/mol. The highest BCUT2D eigenvalue weighted by atomic mass is 16.6. The number of rotatable bonds is 4. The first-order valence-electron chi connectivity index (χ1n) is 9.32. The summed E-state index contributed by atoms with van der Waals surface area (Å²) in [4.78, 5) is 39.4. The molecule has 1 aromatic rings. The first-order chi connectivity index (χ1) is 12.8. The summed E-state index contributed by atoms with van der Waals surface area (Å²) in [5.74, 6) is 0.412. The summed E-state index contributed by atoms with van der Waals surface area (Å²) in [6, 6.07) is 4.14. The molecule has 1 atom stereocenters. The average Bonchev–Trinajstić information content (AvgIpc) is 2.63. The summed E-state index contributed by atoms with van der Waals surface area (Å²) in [6.07, 6.45) is 1.17. The minimum atomic E-state index is -0.715. The Labute approximate surface area is 158 Å². The maximum absolute atomic E-state index is 12.9. The highest BCUT2D eigenvalue weighted by molar-refractivity contribution is 6.04. The van der Waals surface area contributed by atoms with Crippen molar-refractivity contribution >= 4 is 23.2 Å². The van der Waals surface area contributed by atoms with E-state index in [2.05, 4.69) is 6.92 Å². The Kier molecular flexibility index (Phi) is 5.34. The smallest absolute Gasteiger partial charge is 0.271 e. The zero-order valence-electron chi connectivity index (χ0n) is 15.9. The van der Waals surface area contributed by atoms with E-state index in [1.165, 1.54) is 23.1 Å². The Morgan fingerprint density at radius 2 is 2.00 bits per heavy atom. The van der Waals surface area contributed by atoms with Crippen LogP contribution in [0.3, 0.4) is 0 Å². The average molecular weight is 375 g/mol. The van der Waals surface area contributed by atoms with Crippen LogP contribution in [-0.2, 0) is 9.59 Å². The molecule has 0 radical (unpaired) electrons. The van der Waals surface area contributed by atoms with Crippen molar-refractivity contribution in [2.45, 2.75) is 39.7 Å². The Morgan fingerprint density at radius 1 is 1.33 bits per heavy atom. The van der Waals surface area contributed by atoms with Crippen LogP contribution >= 0.6 is 0 Å². The number of ether oxygens (including phenoxy) is 1. The van der Waals surface area contributed by atoms with Gasteiger partial charge in [0.1, 0.15) is 12.3 Å². The van der Waals surface area contributed by atoms with Crippen molar-refractivity contribution in [3.8, 4) is 5.75 Å². The molecule has 1 fully saturated rings. The van der Waals surface area contributed by atoms with Gasteiger partial charge in [-0.2, -0.15) is 0 Å². The number of nitro groups is 1. The van der Waals surface area contributed by atoms with Gasteiger partial charge in [0, 0.05) is 25.2 Å². The summed E-state index contributed by atoms with van der Waals surface area (Å²) in [5, 5.41) is 11.1. The minimum absolute atomic E-state index is 0.0886. The van der Waals surface area contributed by atoms with Gasteiger partial charge < -0.3 is 9.64 Å². The van der Waals surface area contributed by atoms with E-state index in [9.17, 15) is 19.7 Å². The molecule has 2 heterocycles. The first kappa shape index (κ1) is 19.1. The highest BCUT2D eigenvalue weighted by Gasteiger charge is 2.38. The molecule has 0 saturated carbocycles. The molecule has 2 aliphatic heterocycles. The molecule has 8 nitrogen and oxygen atoms in total. The second-order valence-corrected chi connectivity index (χ2v) is 7.68. The van der Waals surface area contributed by atoms with Gasteiger partial charge in [0.05, 0.1) is 10.6 Å². The number of likely N-dealkylation sites (tertiary alicyclic amines) is 1. The lowest BCUT2D eigenvalue weighted by atomic mass is 9.99. The predicted molar refractivity (Wildman–Crippen MR) is 99.7 cm³/mol. The number of amides is 2. The van der Waals surface area contributed by atoms with Gasteiger partial charge in [-0.25, -0.2) is 0 Å². The fraction of sp³-hybridized carbons (Fsp3) is 0.579. The standard InChI is InChI=1S/C19H25N3O5/c1-12(2)18-19(24)21(11-17(23)20-8-6-13(3)7-9-20)15-10-14(22(25)26)4-5-16(15)27-18/h4-5,10,12-13,18H,6-9,11H2,1-3H3. The number of anilines is 1. The number of fused-ring (bicyclic) bond motifs is 1. The third kappa shape index (κ3) is 3.89. The fourth-order valence-electron chi connectivity index (χ4n) is 3.47. The lowest BCUT2D eigenvalue weighted by Gasteiger charge is -2.37. The van der Waals surface area contributed by atoms with Crippen molar-refractivity contribution in [3.05, 3.63) is 28.3 Å². The van der Waals surface area contributed by atoms with Crippen LogP contribution in [0.5, 0.6) is 5.75 Å². The summed E-state index contributed by atoms with van der Waals surface area (Å²) in [7, 11) is 0. The lowest BCUT2D eigenvalue weighted by Crippen LogP contribution is -2.52. The van der Waals surface area contributed by atoms with Crippen LogP contribution in [0.1, 0.15) is 33.6 Å². The molecule has 0 bridgehead atoms. The SMILES string of the molecule is CC1CCN(C(=O)CN2C(=O)C(C(C)C)Oc3ccc([N+](=O)[O-])cc32)CC1. The van der Waals surface area contributed by atoms with Crippen LogP contribution in [0, 0.1) is 22.0 Å². The first-order valence-corrected chi connectivity index (χ1v) is 9.32. The van der Waals surface area contributed by atoms with Crippen LogP contribution in [0.4, 0.5) is 11.4 Å². The molecule has 0 aliphatic carbocycles. The molecule has 2 aliphatic rings. The van der Waals surface area contributed by atoms with E-state index in [0.29, 0.717) is 24.8 Å². The molecular weight excluding hydrogens is 350 g/mol. The van der Waals surface area contributed by atoms with Gasteiger partial charge >= 0.3 is 0 Å². The number of nitro benzene ring substituents is 1. The second kappa shape index (κ2) is 7.54. The molecule has 0 spiro atoms. The van der Waals surface area contributed by atoms with E-state index in [1.54, 1.807) is 4.90 Å². The molecule has 2 amide bonds. The highest BCUT2D eigenvalue weighted by Crippen LogP contribution is 2.38. The Bertz CT molecular complexity index is 756. The van der Waals surface area contributed by atoms with E-state index in [4.69, 9.17) is 4.74 Å². The molecule has 1 saturated heterocycles. The zero-order chi connectivity index (χ0) is 19.7. The van der Waals surface area contributed by atoms with Gasteiger partial charge in [-0.1, -0.05) is 20.8 Å². The van der Waals surface area contributed by atoms with Crippen LogP contribution in [0.2, 0.25) is 0 Å². The Balaban J connectivity index is 1.89. The van der Waals surface area contributed by atoms with Crippen molar-refractivity contribution in [1.29, 1.82) is 0 Å². The number of nitrogens with zero attached hydrogens (tertiary/aromatic N) is 3. The van der Waals surface area contributed by atoms with E-state index in [1.807, 2.05) is 13.8 Å². The van der Waals surface area contributed by atoms with Crippen molar-refractivity contribution < 1.29 is 19.2 Å². The molecule has 0 N–H and O–H groups in total. The fourth-order valence-corrected chi connectivity index (χ4v) is 3.47. The van der Waals surface area contributed by atoms with Crippen LogP contribution in [0.25, 0.3) is 0 Å². The number of carbonyl (C=O) groups is 2. The Hall–Kier alpha value is -2.64. The number of hydrogen-bond donors (Lipinski definition) is 0. The largest absolute Gasteiger partial charge is 0.478 e. The van der Waals surface area contributed by atoms with E-state index in [0.717, 1.165) is 12.8 Å². The molecule has 146 valence electrons. The lowest BCUT2D eigenvalue weighted by molar-refractivity contribution is -0.384. The molecule has 0 aromatic heterocycles. The number of piperidine rings is 1. The Morgan fingerprint density at radius 3 is 2.59 bits per heavy atom. The van der Waals surface area contributed by atoms with Crippen molar-refractivity contribution in [3.63, 3.8) is 0 Å². The number of benzene rings is 1. The quantitative estimate of drug-likeness (QED) is 0.596. The molecule has 8 heteroatoms. The maximum Gasteiger partial charge on any atom is 0.271 e. The summed E-state index contributed by atoms with van der Waals surface area (Å²) < 4.78 is 5.77. The van der Waals surface area contributed by atoms with Crippen molar-refractivity contribution in [1.82, 2.24) is 4.90 Å². The van der Waals surface area contributed by atoms with Crippen LogP contribution in [-0.4, -0.2) is 47.4 Å². The van der Waals surface area contributed by atoms with Gasteiger partial charge in [-0.15, -0.1) is 0 Å². The number of non-ortho nitro benzene ring substituents is 1. The molecular formula is C19H25N3O5. The van der Waals surface area contributed by atoms with Gasteiger partial charge in [0.15, 0.2) is 6.10 Å². The minimum Gasteiger partial charge on any atom is -0.478 e. The maximum atomic E-state index is 12.9. The van der Waals surface area contributed by atoms with Gasteiger partial charge in [-0.05, 0) is 30.7 Å². The van der Waals surface area contributed by atoms with E-state index in [-0.39, 0.29) is 35.7 Å². The number of hydrogen-bond acceptors (Lipinski definition) is 5. The van der Waals surface area contributed by atoms with Crippen LogP contribution in [0.15, 0.2) is 18.2 Å². The summed E-state index contributed by atoms with van der Waals surface area (Å²) in [5.41, 5.74) is 0.141. The normalized spacial score (nSPS) is 20.4. The molecule has 1 aromatic carbocycles. The third-order valence-electron chi connectivity index (χ3n) is 5.24. The van der Waals surface area contributed by atoms with Gasteiger partial charge in [-0.3, -0.25) is 24.6 Å². The van der Waals surface area contributed by atoms with E-state index >= 15 is 0 Å². The zero-order valence-corrected chi connectivity index (χ0v) is 15.9.